The maximum absolute atomic E-state index is 13.0. The molecule has 11 heteroatoms. The molecule has 0 unspecified atom stereocenters. The van der Waals surface area contributed by atoms with Crippen molar-refractivity contribution in [3.63, 3.8) is 0 Å². The number of anilines is 1. The molecule has 6 aromatic rings. The molecule has 4 aromatic heterocycles. The molecule has 2 aromatic carbocycles. The summed E-state index contributed by atoms with van der Waals surface area (Å²) in [5.74, 6) is 1.17. The van der Waals surface area contributed by atoms with Crippen LogP contribution in [-0.2, 0) is 6.42 Å². The largest absolute Gasteiger partial charge is 0.507 e. The Bertz CT molecular complexity index is 2050. The van der Waals surface area contributed by atoms with Gasteiger partial charge < -0.3 is 16.2 Å². The number of phenols is 1. The van der Waals surface area contributed by atoms with E-state index in [2.05, 4.69) is 21.5 Å². The first-order valence-electron chi connectivity index (χ1n) is 13.7. The summed E-state index contributed by atoms with van der Waals surface area (Å²) in [6, 6.07) is 17.7. The average Bonchev–Trinajstić information content (AvgIpc) is 3.77. The molecule has 4 N–H and O–H groups in total. The summed E-state index contributed by atoms with van der Waals surface area (Å²) in [7, 11) is 0. The summed E-state index contributed by atoms with van der Waals surface area (Å²) in [6.07, 6.45) is 7.20. The van der Waals surface area contributed by atoms with Gasteiger partial charge in [-0.1, -0.05) is 6.07 Å². The zero-order valence-electron chi connectivity index (χ0n) is 23.1. The van der Waals surface area contributed by atoms with E-state index in [1.165, 1.54) is 18.2 Å². The quantitative estimate of drug-likeness (QED) is 0.248. The first-order valence-corrected chi connectivity index (χ1v) is 13.7. The van der Waals surface area contributed by atoms with Gasteiger partial charge >= 0.3 is 0 Å². The van der Waals surface area contributed by atoms with Gasteiger partial charge in [-0.3, -0.25) is 14.2 Å². The number of aryl methyl sites for hydroxylation is 2. The number of nitrogen functional groups attached to an aromatic ring is 1. The molecule has 0 radical (unpaired) electrons. The third-order valence-corrected chi connectivity index (χ3v) is 7.80. The molecule has 4 heterocycles. The van der Waals surface area contributed by atoms with Crippen molar-refractivity contribution in [1.29, 1.82) is 0 Å². The van der Waals surface area contributed by atoms with Crippen LogP contribution in [0.25, 0.3) is 34.1 Å². The molecule has 0 saturated carbocycles. The molecule has 1 amide bonds. The number of nitrogens with one attached hydrogen (secondary N) is 1. The number of benzene rings is 2. The Kier molecular flexibility index (Phi) is 6.19. The van der Waals surface area contributed by atoms with E-state index in [0.717, 1.165) is 40.7 Å². The third kappa shape index (κ3) is 4.47. The van der Waals surface area contributed by atoms with Crippen molar-refractivity contribution in [2.24, 2.45) is 0 Å². The Balaban J connectivity index is 1.31. The minimum Gasteiger partial charge on any atom is -0.507 e. The zero-order chi connectivity index (χ0) is 29.7. The second-order valence-corrected chi connectivity index (χ2v) is 10.5. The fourth-order valence-corrected chi connectivity index (χ4v) is 5.66. The van der Waals surface area contributed by atoms with Crippen molar-refractivity contribution >= 4 is 29.2 Å². The number of nitrogens with zero attached hydrogens (tertiary/aromatic N) is 6. The van der Waals surface area contributed by atoms with Crippen LogP contribution in [-0.4, -0.2) is 46.6 Å². The van der Waals surface area contributed by atoms with Gasteiger partial charge in [0.15, 0.2) is 23.6 Å². The summed E-state index contributed by atoms with van der Waals surface area (Å²) in [5.41, 5.74) is 12.7. The van der Waals surface area contributed by atoms with Crippen molar-refractivity contribution < 1.29 is 14.7 Å². The number of imidazole rings is 1. The lowest BCUT2D eigenvalue weighted by atomic mass is 10.1. The molecule has 1 aliphatic carbocycles. The Morgan fingerprint density at radius 2 is 1.98 bits per heavy atom. The molecule has 0 aliphatic heterocycles. The van der Waals surface area contributed by atoms with Crippen molar-refractivity contribution in [2.75, 3.05) is 5.73 Å². The van der Waals surface area contributed by atoms with Gasteiger partial charge in [0.1, 0.15) is 17.1 Å². The van der Waals surface area contributed by atoms with Crippen LogP contribution >= 0.6 is 0 Å². The second kappa shape index (κ2) is 10.2. The molecule has 7 rings (SSSR count). The van der Waals surface area contributed by atoms with Crippen molar-refractivity contribution in [3.8, 4) is 28.6 Å². The molecule has 11 nitrogen and oxygen atoms in total. The molecule has 1 atom stereocenters. The highest BCUT2D eigenvalue weighted by Gasteiger charge is 2.27. The highest BCUT2D eigenvalue weighted by atomic mass is 16.3. The maximum Gasteiger partial charge on any atom is 0.251 e. The Hall–Kier alpha value is -5.84. The van der Waals surface area contributed by atoms with E-state index < -0.39 is 0 Å². The van der Waals surface area contributed by atoms with Gasteiger partial charge in [0.25, 0.3) is 5.91 Å². The maximum atomic E-state index is 13.0. The standard InChI is InChI=1S/C32H26N8O3/c1-18-14-27(39-13-3-12-35-39)37-31-28(18)38-30(24-4-2-11-34-29(24)33)40(31)22-7-8-23-19(16-22)5-9-25(23)36-32(43)20-6-10-26(42)21(15-20)17-41/h2-4,6-8,10-17,25,42H,5,9H2,1H3,(H2,33,34)(H,36,43)/t25-/m0/s1. The number of fused-ring (bicyclic) bond motifs is 2. The number of hydrogen-bond donors (Lipinski definition) is 3. The van der Waals surface area contributed by atoms with Crippen LogP contribution in [0.2, 0.25) is 0 Å². The van der Waals surface area contributed by atoms with E-state index in [-0.39, 0.29) is 23.3 Å². The van der Waals surface area contributed by atoms with Crippen LogP contribution in [0.1, 0.15) is 49.9 Å². The zero-order valence-corrected chi connectivity index (χ0v) is 23.1. The number of aromatic nitrogens is 6. The number of carbonyl (C=O) groups is 2. The topological polar surface area (TPSA) is 154 Å². The predicted octanol–water partition coefficient (Wildman–Crippen LogP) is 4.49. The first kappa shape index (κ1) is 26.1. The van der Waals surface area contributed by atoms with Crippen LogP contribution in [0.4, 0.5) is 5.82 Å². The lowest BCUT2D eigenvalue weighted by molar-refractivity contribution is 0.0936. The van der Waals surface area contributed by atoms with E-state index in [1.807, 2.05) is 54.1 Å². The minimum absolute atomic E-state index is 0.0706. The summed E-state index contributed by atoms with van der Waals surface area (Å²) in [4.78, 5) is 38.5. The highest BCUT2D eigenvalue weighted by Crippen LogP contribution is 2.36. The van der Waals surface area contributed by atoms with Crippen molar-refractivity contribution in [3.05, 3.63) is 107 Å². The summed E-state index contributed by atoms with van der Waals surface area (Å²) < 4.78 is 3.70. The third-order valence-electron chi connectivity index (χ3n) is 7.80. The number of carbonyl (C=O) groups excluding carboxylic acids is 2. The summed E-state index contributed by atoms with van der Waals surface area (Å²) >= 11 is 0. The van der Waals surface area contributed by atoms with E-state index in [1.54, 1.807) is 17.1 Å². The molecule has 0 saturated heterocycles. The molecule has 0 spiro atoms. The number of nitrogens with two attached hydrogens (primary N) is 1. The summed E-state index contributed by atoms with van der Waals surface area (Å²) in [6.45, 7) is 1.99. The van der Waals surface area contributed by atoms with E-state index in [4.69, 9.17) is 15.7 Å². The monoisotopic (exact) mass is 570 g/mol. The minimum atomic E-state index is -0.314. The van der Waals surface area contributed by atoms with Gasteiger partial charge in [-0.25, -0.2) is 19.6 Å². The smallest absolute Gasteiger partial charge is 0.251 e. The molecule has 0 fully saturated rings. The van der Waals surface area contributed by atoms with E-state index in [0.29, 0.717) is 40.5 Å². The van der Waals surface area contributed by atoms with Gasteiger partial charge in [-0.15, -0.1) is 0 Å². The number of pyridine rings is 2. The normalized spacial score (nSPS) is 14.1. The molecular weight excluding hydrogens is 544 g/mol. The second-order valence-electron chi connectivity index (χ2n) is 10.5. The number of aromatic hydroxyl groups is 1. The Morgan fingerprint density at radius 3 is 2.77 bits per heavy atom. The molecule has 212 valence electrons. The van der Waals surface area contributed by atoms with Crippen LogP contribution in [0.3, 0.4) is 0 Å². The molecule has 0 bridgehead atoms. The molecule has 1 aliphatic rings. The number of rotatable bonds is 6. The number of amides is 1. The number of hydrogen-bond acceptors (Lipinski definition) is 8. The Labute approximate surface area is 245 Å². The van der Waals surface area contributed by atoms with Crippen LogP contribution in [0, 0.1) is 6.92 Å². The average molecular weight is 571 g/mol. The molecular formula is C32H26N8O3. The fourth-order valence-electron chi connectivity index (χ4n) is 5.66. The SMILES string of the molecule is Cc1cc(-n2cccn2)nc2c1nc(-c1cccnc1N)n2-c1ccc2c(c1)CC[C@@H]2NC(=O)c1ccc(O)c(C=O)c1. The van der Waals surface area contributed by atoms with E-state index >= 15 is 0 Å². The fraction of sp³-hybridized carbons (Fsp3) is 0.125. The van der Waals surface area contributed by atoms with Crippen molar-refractivity contribution in [1.82, 2.24) is 34.6 Å². The van der Waals surface area contributed by atoms with Gasteiger partial charge in [-0.05, 0) is 91.1 Å². The Morgan fingerprint density at radius 1 is 1.09 bits per heavy atom. The van der Waals surface area contributed by atoms with Gasteiger partial charge in [-0.2, -0.15) is 5.10 Å². The van der Waals surface area contributed by atoms with Gasteiger partial charge in [0.2, 0.25) is 0 Å². The van der Waals surface area contributed by atoms with Gasteiger partial charge in [0, 0.05) is 29.8 Å². The first-order chi connectivity index (χ1) is 20.9. The summed E-state index contributed by atoms with van der Waals surface area (Å²) in [5, 5.41) is 17.2. The lowest BCUT2D eigenvalue weighted by Crippen LogP contribution is -2.27. The van der Waals surface area contributed by atoms with Crippen LogP contribution in [0.5, 0.6) is 5.75 Å². The van der Waals surface area contributed by atoms with Crippen LogP contribution in [0.15, 0.2) is 79.3 Å². The van der Waals surface area contributed by atoms with Crippen molar-refractivity contribution in [2.45, 2.75) is 25.8 Å². The van der Waals surface area contributed by atoms with Gasteiger partial charge in [0.05, 0.1) is 17.2 Å². The van der Waals surface area contributed by atoms with Crippen LogP contribution < -0.4 is 11.1 Å². The van der Waals surface area contributed by atoms with E-state index in [9.17, 15) is 14.7 Å². The number of aldehydes is 1. The highest BCUT2D eigenvalue weighted by molar-refractivity contribution is 5.96. The lowest BCUT2D eigenvalue weighted by Gasteiger charge is -2.16. The molecule has 43 heavy (non-hydrogen) atoms. The predicted molar refractivity (Wildman–Crippen MR) is 160 cm³/mol. The number of phenolic OH excluding ortho intramolecular Hbond substituents is 1.